The van der Waals surface area contributed by atoms with E-state index in [1.165, 1.54) is 0 Å². The molecule has 0 spiro atoms. The SMILES string of the molecule is CC(C)Nc1nccc(/C(C#N)=C2/Nc3ccccc3O2)n1. The van der Waals surface area contributed by atoms with E-state index in [2.05, 4.69) is 26.7 Å². The van der Waals surface area contributed by atoms with E-state index in [0.29, 0.717) is 28.8 Å². The molecule has 3 rings (SSSR count). The highest BCUT2D eigenvalue weighted by Crippen LogP contribution is 2.35. The molecular formula is C16H15N5O. The summed E-state index contributed by atoms with van der Waals surface area (Å²) >= 11 is 0. The van der Waals surface area contributed by atoms with E-state index in [0.717, 1.165) is 5.69 Å². The third kappa shape index (κ3) is 2.69. The molecule has 0 aliphatic carbocycles. The minimum Gasteiger partial charge on any atom is -0.437 e. The predicted octanol–water partition coefficient (Wildman–Crippen LogP) is 2.99. The number of rotatable bonds is 3. The van der Waals surface area contributed by atoms with Crippen LogP contribution in [0.3, 0.4) is 0 Å². The van der Waals surface area contributed by atoms with Crippen LogP contribution < -0.4 is 15.4 Å². The van der Waals surface area contributed by atoms with Crippen LogP contribution in [0.1, 0.15) is 19.5 Å². The third-order valence-electron chi connectivity index (χ3n) is 3.02. The summed E-state index contributed by atoms with van der Waals surface area (Å²) in [5, 5.41) is 15.7. The maximum Gasteiger partial charge on any atom is 0.223 e. The van der Waals surface area contributed by atoms with Crippen LogP contribution in [0.25, 0.3) is 5.57 Å². The second-order valence-corrected chi connectivity index (χ2v) is 5.10. The molecular weight excluding hydrogens is 278 g/mol. The smallest absolute Gasteiger partial charge is 0.223 e. The molecule has 1 aromatic carbocycles. The number of hydrogen-bond acceptors (Lipinski definition) is 6. The molecule has 6 heteroatoms. The van der Waals surface area contributed by atoms with Gasteiger partial charge in [0.1, 0.15) is 11.6 Å². The number of nitriles is 1. The average Bonchev–Trinajstić information content (AvgIpc) is 2.91. The van der Waals surface area contributed by atoms with E-state index in [1.807, 2.05) is 38.1 Å². The Kier molecular flexibility index (Phi) is 3.62. The van der Waals surface area contributed by atoms with E-state index >= 15 is 0 Å². The molecule has 1 aliphatic heterocycles. The van der Waals surface area contributed by atoms with Gasteiger partial charge in [0.05, 0.1) is 11.4 Å². The van der Waals surface area contributed by atoms with Crippen molar-refractivity contribution in [1.29, 1.82) is 5.26 Å². The summed E-state index contributed by atoms with van der Waals surface area (Å²) in [6.45, 7) is 4.00. The molecule has 6 nitrogen and oxygen atoms in total. The molecule has 0 unspecified atom stereocenters. The predicted molar refractivity (Wildman–Crippen MR) is 84.0 cm³/mol. The Balaban J connectivity index is 1.96. The number of nitrogens with zero attached hydrogens (tertiary/aromatic N) is 3. The van der Waals surface area contributed by atoms with E-state index in [-0.39, 0.29) is 6.04 Å². The number of allylic oxidation sites excluding steroid dienone is 1. The van der Waals surface area contributed by atoms with Gasteiger partial charge in [-0.05, 0) is 32.0 Å². The number of nitrogens with one attached hydrogen (secondary N) is 2. The number of aromatic nitrogens is 2. The molecule has 0 amide bonds. The van der Waals surface area contributed by atoms with Gasteiger partial charge in [0.2, 0.25) is 11.8 Å². The highest BCUT2D eigenvalue weighted by Gasteiger charge is 2.21. The number of fused-ring (bicyclic) bond motifs is 1. The Hall–Kier alpha value is -3.07. The molecule has 0 radical (unpaired) electrons. The summed E-state index contributed by atoms with van der Waals surface area (Å²) in [6.07, 6.45) is 1.62. The van der Waals surface area contributed by atoms with Gasteiger partial charge in [-0.25, -0.2) is 9.97 Å². The van der Waals surface area contributed by atoms with Crippen molar-refractivity contribution >= 4 is 17.2 Å². The number of anilines is 2. The topological polar surface area (TPSA) is 82.9 Å². The van der Waals surface area contributed by atoms with Crippen LogP contribution in [0, 0.1) is 11.3 Å². The first kappa shape index (κ1) is 13.9. The average molecular weight is 293 g/mol. The van der Waals surface area contributed by atoms with Gasteiger partial charge >= 0.3 is 0 Å². The standard InChI is InChI=1S/C16H15N5O/c1-10(2)19-16-18-8-7-12(21-16)11(9-17)15-20-13-5-3-4-6-14(13)22-15/h3-8,10,20H,1-2H3,(H,18,19,21)/b15-11-. The number of hydrogen-bond donors (Lipinski definition) is 2. The third-order valence-corrected chi connectivity index (χ3v) is 3.02. The lowest BCUT2D eigenvalue weighted by Crippen LogP contribution is -2.13. The molecule has 1 aliphatic rings. The van der Waals surface area contributed by atoms with Gasteiger partial charge in [-0.2, -0.15) is 5.26 Å². The second-order valence-electron chi connectivity index (χ2n) is 5.10. The maximum absolute atomic E-state index is 9.48. The Morgan fingerprint density at radius 1 is 1.32 bits per heavy atom. The highest BCUT2D eigenvalue weighted by atomic mass is 16.5. The van der Waals surface area contributed by atoms with Crippen molar-refractivity contribution in [3.63, 3.8) is 0 Å². The zero-order chi connectivity index (χ0) is 15.5. The van der Waals surface area contributed by atoms with Crippen molar-refractivity contribution < 1.29 is 4.74 Å². The van der Waals surface area contributed by atoms with Gasteiger partial charge in [-0.15, -0.1) is 0 Å². The zero-order valence-electron chi connectivity index (χ0n) is 12.3. The van der Waals surface area contributed by atoms with Crippen molar-refractivity contribution in [2.24, 2.45) is 0 Å². The first-order valence-corrected chi connectivity index (χ1v) is 6.95. The van der Waals surface area contributed by atoms with Crippen LogP contribution in [0.5, 0.6) is 5.75 Å². The van der Waals surface area contributed by atoms with Crippen molar-refractivity contribution in [2.45, 2.75) is 19.9 Å². The van der Waals surface area contributed by atoms with Gasteiger partial charge < -0.3 is 15.4 Å². The van der Waals surface area contributed by atoms with Crippen LogP contribution in [0.4, 0.5) is 11.6 Å². The van der Waals surface area contributed by atoms with Gasteiger partial charge in [0.25, 0.3) is 0 Å². The fourth-order valence-corrected chi connectivity index (χ4v) is 2.08. The van der Waals surface area contributed by atoms with Crippen LogP contribution in [0.15, 0.2) is 42.4 Å². The molecule has 0 saturated carbocycles. The van der Waals surface area contributed by atoms with Gasteiger partial charge in [0, 0.05) is 12.2 Å². The summed E-state index contributed by atoms with van der Waals surface area (Å²) < 4.78 is 5.70. The minimum atomic E-state index is 0.207. The molecule has 0 atom stereocenters. The first-order chi connectivity index (χ1) is 10.7. The molecule has 1 aromatic heterocycles. The fourth-order valence-electron chi connectivity index (χ4n) is 2.08. The highest BCUT2D eigenvalue weighted by molar-refractivity contribution is 5.81. The van der Waals surface area contributed by atoms with Crippen molar-refractivity contribution in [1.82, 2.24) is 9.97 Å². The molecule has 22 heavy (non-hydrogen) atoms. The Morgan fingerprint density at radius 2 is 2.14 bits per heavy atom. The van der Waals surface area contributed by atoms with Gasteiger partial charge in [-0.1, -0.05) is 12.1 Å². The number of ether oxygens (including phenoxy) is 1. The monoisotopic (exact) mass is 293 g/mol. The Bertz CT molecular complexity index is 749. The summed E-state index contributed by atoms with van der Waals surface area (Å²) in [5.41, 5.74) is 1.68. The summed E-state index contributed by atoms with van der Waals surface area (Å²) in [4.78, 5) is 8.52. The summed E-state index contributed by atoms with van der Waals surface area (Å²) in [5.74, 6) is 1.56. The number of para-hydroxylation sites is 2. The van der Waals surface area contributed by atoms with Crippen LogP contribution in [-0.4, -0.2) is 16.0 Å². The lowest BCUT2D eigenvalue weighted by molar-refractivity contribution is 0.460. The maximum atomic E-state index is 9.48. The zero-order valence-corrected chi connectivity index (χ0v) is 12.3. The lowest BCUT2D eigenvalue weighted by atomic mass is 10.2. The van der Waals surface area contributed by atoms with Gasteiger partial charge in [0.15, 0.2) is 5.75 Å². The van der Waals surface area contributed by atoms with E-state index in [4.69, 9.17) is 4.74 Å². The number of benzene rings is 1. The van der Waals surface area contributed by atoms with E-state index in [1.54, 1.807) is 12.3 Å². The normalized spacial score (nSPS) is 14.6. The summed E-state index contributed by atoms with van der Waals surface area (Å²) in [6, 6.07) is 11.6. The van der Waals surface area contributed by atoms with Crippen LogP contribution in [-0.2, 0) is 0 Å². The molecule has 0 fully saturated rings. The van der Waals surface area contributed by atoms with Crippen molar-refractivity contribution in [2.75, 3.05) is 10.6 Å². The molecule has 2 heterocycles. The van der Waals surface area contributed by atoms with Crippen LogP contribution >= 0.6 is 0 Å². The molecule has 2 aromatic rings. The summed E-state index contributed by atoms with van der Waals surface area (Å²) in [7, 11) is 0. The molecule has 0 bridgehead atoms. The first-order valence-electron chi connectivity index (χ1n) is 6.95. The van der Waals surface area contributed by atoms with Crippen molar-refractivity contribution in [3.05, 3.63) is 48.1 Å². The van der Waals surface area contributed by atoms with E-state index in [9.17, 15) is 5.26 Å². The molecule has 2 N–H and O–H groups in total. The van der Waals surface area contributed by atoms with Gasteiger partial charge in [-0.3, -0.25) is 0 Å². The second kappa shape index (κ2) is 5.74. The molecule has 0 saturated heterocycles. The van der Waals surface area contributed by atoms with Crippen molar-refractivity contribution in [3.8, 4) is 11.8 Å². The van der Waals surface area contributed by atoms with E-state index < -0.39 is 0 Å². The largest absolute Gasteiger partial charge is 0.437 e. The minimum absolute atomic E-state index is 0.207. The Labute approximate surface area is 128 Å². The molecule has 110 valence electrons. The fraction of sp³-hybridized carbons (Fsp3) is 0.188. The van der Waals surface area contributed by atoms with Crippen LogP contribution in [0.2, 0.25) is 0 Å². The quantitative estimate of drug-likeness (QED) is 0.846. The lowest BCUT2D eigenvalue weighted by Gasteiger charge is -2.09. The Morgan fingerprint density at radius 3 is 2.86 bits per heavy atom.